The molecule has 27 heavy (non-hydrogen) atoms. The molecule has 1 amide bonds. The average molecular weight is 366 g/mol. The van der Waals surface area contributed by atoms with Crippen LogP contribution in [0.4, 0.5) is 5.69 Å². The second kappa shape index (κ2) is 8.03. The van der Waals surface area contributed by atoms with Gasteiger partial charge in [-0.25, -0.2) is 0 Å². The first-order valence-electron chi connectivity index (χ1n) is 8.84. The monoisotopic (exact) mass is 366 g/mol. The van der Waals surface area contributed by atoms with Crippen molar-refractivity contribution in [2.45, 2.75) is 33.1 Å². The number of ether oxygens (including phenoxy) is 1. The normalized spacial score (nSPS) is 11.0. The molecular formula is C21H22N2O4. The molecule has 6 nitrogen and oxygen atoms in total. The van der Waals surface area contributed by atoms with Gasteiger partial charge in [0, 0.05) is 11.1 Å². The molecule has 140 valence electrons. The van der Waals surface area contributed by atoms with Crippen molar-refractivity contribution >= 4 is 28.5 Å². The second-order valence-electron chi connectivity index (χ2n) is 6.70. The van der Waals surface area contributed by atoms with Crippen molar-refractivity contribution < 1.29 is 18.8 Å². The summed E-state index contributed by atoms with van der Waals surface area (Å²) in [6, 6.07) is 13.2. The number of esters is 1. The largest absolute Gasteiger partial charge is 0.455 e. The molecule has 0 aliphatic heterocycles. The molecule has 0 bridgehead atoms. The van der Waals surface area contributed by atoms with Gasteiger partial charge in [-0.1, -0.05) is 49.3 Å². The van der Waals surface area contributed by atoms with Crippen molar-refractivity contribution in [2.75, 3.05) is 11.9 Å². The van der Waals surface area contributed by atoms with Crippen LogP contribution in [0.1, 0.15) is 36.6 Å². The summed E-state index contributed by atoms with van der Waals surface area (Å²) in [5.74, 6) is -0.633. The van der Waals surface area contributed by atoms with E-state index in [1.165, 1.54) is 0 Å². The highest BCUT2D eigenvalue weighted by molar-refractivity contribution is 5.94. The molecule has 3 aromatic rings. The minimum atomic E-state index is -0.530. The lowest BCUT2D eigenvalue weighted by molar-refractivity contribution is -0.146. The summed E-state index contributed by atoms with van der Waals surface area (Å²) in [5.41, 5.74) is 3.89. The molecule has 0 spiro atoms. The molecule has 0 unspecified atom stereocenters. The third kappa shape index (κ3) is 4.34. The Balaban J connectivity index is 1.59. The molecule has 6 heteroatoms. The highest BCUT2D eigenvalue weighted by Gasteiger charge is 2.16. The highest BCUT2D eigenvalue weighted by atomic mass is 16.5. The molecule has 3 rings (SSSR count). The molecule has 0 aliphatic rings. The van der Waals surface area contributed by atoms with Gasteiger partial charge in [-0.05, 0) is 36.1 Å². The Bertz CT molecular complexity index is 975. The number of hydrogen-bond donors (Lipinski definition) is 1. The first kappa shape index (κ1) is 18.6. The molecule has 1 N–H and O–H groups in total. The van der Waals surface area contributed by atoms with Crippen molar-refractivity contribution in [3.05, 3.63) is 59.3 Å². The van der Waals surface area contributed by atoms with Crippen LogP contribution in [0.15, 0.2) is 47.0 Å². The predicted molar refractivity (Wildman–Crippen MR) is 103 cm³/mol. The van der Waals surface area contributed by atoms with Gasteiger partial charge in [-0.3, -0.25) is 9.59 Å². The molecule has 0 saturated carbocycles. The topological polar surface area (TPSA) is 81.4 Å². The third-order valence-corrected chi connectivity index (χ3v) is 4.32. The third-order valence-electron chi connectivity index (χ3n) is 4.32. The average Bonchev–Trinajstić information content (AvgIpc) is 3.04. The van der Waals surface area contributed by atoms with E-state index in [1.807, 2.05) is 43.3 Å². The van der Waals surface area contributed by atoms with Gasteiger partial charge >= 0.3 is 5.97 Å². The van der Waals surface area contributed by atoms with E-state index in [4.69, 9.17) is 9.26 Å². The fraction of sp³-hybridized carbons (Fsp3) is 0.286. The zero-order chi connectivity index (χ0) is 19.4. The van der Waals surface area contributed by atoms with Gasteiger partial charge in [-0.2, -0.15) is 0 Å². The van der Waals surface area contributed by atoms with Crippen LogP contribution in [-0.2, 0) is 20.7 Å². The summed E-state index contributed by atoms with van der Waals surface area (Å²) in [5, 5.41) is 7.51. The number of aromatic nitrogens is 1. The first-order chi connectivity index (χ1) is 13.0. The maximum Gasteiger partial charge on any atom is 0.312 e. The van der Waals surface area contributed by atoms with E-state index in [1.54, 1.807) is 6.07 Å². The van der Waals surface area contributed by atoms with Crippen molar-refractivity contribution in [3.63, 3.8) is 0 Å². The van der Waals surface area contributed by atoms with Gasteiger partial charge in [0.15, 0.2) is 12.2 Å². The number of aryl methyl sites for hydroxylation is 1. The Morgan fingerprint density at radius 1 is 1.15 bits per heavy atom. The molecule has 0 radical (unpaired) electrons. The lowest BCUT2D eigenvalue weighted by Crippen LogP contribution is -2.23. The van der Waals surface area contributed by atoms with Gasteiger partial charge in [0.05, 0.1) is 6.42 Å². The molecule has 1 heterocycles. The van der Waals surface area contributed by atoms with Crippen LogP contribution < -0.4 is 5.32 Å². The fourth-order valence-electron chi connectivity index (χ4n) is 2.92. The Labute approximate surface area is 157 Å². The summed E-state index contributed by atoms with van der Waals surface area (Å²) >= 11 is 0. The summed E-state index contributed by atoms with van der Waals surface area (Å²) in [6.07, 6.45) is -0.0497. The van der Waals surface area contributed by atoms with Crippen LogP contribution in [0.2, 0.25) is 0 Å². The molecule has 1 aromatic heterocycles. The van der Waals surface area contributed by atoms with Crippen molar-refractivity contribution in [1.29, 1.82) is 0 Å². The maximum atomic E-state index is 12.2. The summed E-state index contributed by atoms with van der Waals surface area (Å²) in [4.78, 5) is 24.3. The molecule has 0 saturated heterocycles. The standard InChI is InChI=1S/C21H22N2O4/c1-13(2)15-9-6-7-14(3)21(15)22-19(24)12-26-20(25)11-17-16-8-4-5-10-18(16)27-23-17/h4-10,13H,11-12H2,1-3H3,(H,22,24). The van der Waals surface area contributed by atoms with Crippen LogP contribution in [0.5, 0.6) is 0 Å². The number of para-hydroxylation sites is 2. The molecule has 0 aliphatic carbocycles. The van der Waals surface area contributed by atoms with Crippen LogP contribution in [0, 0.1) is 6.92 Å². The minimum absolute atomic E-state index is 0.0497. The Morgan fingerprint density at radius 2 is 1.93 bits per heavy atom. The Morgan fingerprint density at radius 3 is 2.70 bits per heavy atom. The smallest absolute Gasteiger partial charge is 0.312 e. The molecular weight excluding hydrogens is 344 g/mol. The van der Waals surface area contributed by atoms with Crippen molar-refractivity contribution in [3.8, 4) is 0 Å². The van der Waals surface area contributed by atoms with Gasteiger partial charge in [0.1, 0.15) is 5.69 Å². The van der Waals surface area contributed by atoms with Gasteiger partial charge in [0.25, 0.3) is 5.91 Å². The first-order valence-corrected chi connectivity index (χ1v) is 8.84. The van der Waals surface area contributed by atoms with Gasteiger partial charge in [0.2, 0.25) is 0 Å². The molecule has 0 fully saturated rings. The van der Waals surface area contributed by atoms with Crippen LogP contribution >= 0.6 is 0 Å². The molecule has 2 aromatic carbocycles. The lowest BCUT2D eigenvalue weighted by Gasteiger charge is -2.16. The predicted octanol–water partition coefficient (Wildman–Crippen LogP) is 3.98. The zero-order valence-corrected chi connectivity index (χ0v) is 15.6. The fourth-order valence-corrected chi connectivity index (χ4v) is 2.92. The SMILES string of the molecule is Cc1cccc(C(C)C)c1NC(=O)COC(=O)Cc1noc2ccccc12. The summed E-state index contributed by atoms with van der Waals surface area (Å²) in [6.45, 7) is 5.71. The second-order valence-corrected chi connectivity index (χ2v) is 6.70. The highest BCUT2D eigenvalue weighted by Crippen LogP contribution is 2.27. The number of rotatable bonds is 6. The lowest BCUT2D eigenvalue weighted by atomic mass is 9.98. The number of benzene rings is 2. The Kier molecular flexibility index (Phi) is 5.54. The van der Waals surface area contributed by atoms with E-state index in [9.17, 15) is 9.59 Å². The van der Waals surface area contributed by atoms with E-state index >= 15 is 0 Å². The molecule has 0 atom stereocenters. The Hall–Kier alpha value is -3.15. The summed E-state index contributed by atoms with van der Waals surface area (Å²) < 4.78 is 10.3. The van der Waals surface area contributed by atoms with Gasteiger partial charge in [-0.15, -0.1) is 0 Å². The van der Waals surface area contributed by atoms with E-state index in [0.717, 1.165) is 22.2 Å². The van der Waals surface area contributed by atoms with Crippen LogP contribution in [-0.4, -0.2) is 23.6 Å². The van der Waals surface area contributed by atoms with E-state index in [2.05, 4.69) is 24.3 Å². The number of carbonyl (C=O) groups is 2. The van der Waals surface area contributed by atoms with Crippen LogP contribution in [0.3, 0.4) is 0 Å². The number of anilines is 1. The summed E-state index contributed by atoms with van der Waals surface area (Å²) in [7, 11) is 0. The quantitative estimate of drug-likeness (QED) is 0.667. The maximum absolute atomic E-state index is 12.2. The number of nitrogens with zero attached hydrogens (tertiary/aromatic N) is 1. The number of fused-ring (bicyclic) bond motifs is 1. The van der Waals surface area contributed by atoms with Crippen LogP contribution in [0.25, 0.3) is 11.0 Å². The van der Waals surface area contributed by atoms with E-state index < -0.39 is 5.97 Å². The van der Waals surface area contributed by atoms with Gasteiger partial charge < -0.3 is 14.6 Å². The van der Waals surface area contributed by atoms with E-state index in [0.29, 0.717) is 11.3 Å². The van der Waals surface area contributed by atoms with Crippen molar-refractivity contribution in [2.24, 2.45) is 0 Å². The van der Waals surface area contributed by atoms with E-state index in [-0.39, 0.29) is 24.9 Å². The van der Waals surface area contributed by atoms with Crippen molar-refractivity contribution in [1.82, 2.24) is 5.16 Å². The number of amides is 1. The zero-order valence-electron chi connectivity index (χ0n) is 15.6. The number of nitrogens with one attached hydrogen (secondary N) is 1. The number of carbonyl (C=O) groups excluding carboxylic acids is 2. The number of hydrogen-bond acceptors (Lipinski definition) is 5. The minimum Gasteiger partial charge on any atom is -0.455 e.